The Morgan fingerprint density at radius 2 is 1.67 bits per heavy atom. The summed E-state index contributed by atoms with van der Waals surface area (Å²) in [6.07, 6.45) is -0.578. The molecule has 30 heavy (non-hydrogen) atoms. The number of amides is 1. The quantitative estimate of drug-likeness (QED) is 0.659. The Balaban J connectivity index is 1.37. The van der Waals surface area contributed by atoms with Gasteiger partial charge in [-0.25, -0.2) is 9.18 Å². The number of carbonyl (C=O) groups excluding carboxylic acids is 1. The van der Waals surface area contributed by atoms with Gasteiger partial charge in [-0.3, -0.25) is 0 Å². The summed E-state index contributed by atoms with van der Waals surface area (Å²) in [5.74, 6) is 4.78. The second kappa shape index (κ2) is 8.51. The van der Waals surface area contributed by atoms with Crippen LogP contribution < -0.4 is 5.32 Å². The van der Waals surface area contributed by atoms with Crippen molar-refractivity contribution in [1.29, 1.82) is 5.26 Å². The first-order chi connectivity index (χ1) is 14.7. The topological polar surface area (TPSA) is 62.1 Å². The number of hydrogen-bond acceptors (Lipinski definition) is 3. The molecule has 4 nitrogen and oxygen atoms in total. The number of hydrogen-bond donors (Lipinski definition) is 1. The van der Waals surface area contributed by atoms with Crippen molar-refractivity contribution < 1.29 is 13.9 Å². The highest BCUT2D eigenvalue weighted by Crippen LogP contribution is 2.44. The maximum Gasteiger partial charge on any atom is 0.407 e. The van der Waals surface area contributed by atoms with Gasteiger partial charge in [-0.15, -0.1) is 0 Å². The zero-order valence-corrected chi connectivity index (χ0v) is 16.0. The summed E-state index contributed by atoms with van der Waals surface area (Å²) >= 11 is 0. The SMILES string of the molecule is N#Cc1c(F)cccc1C#CCNC(=O)OCC1c2ccccc2-c2ccccc21. The third-order valence-electron chi connectivity index (χ3n) is 5.01. The van der Waals surface area contributed by atoms with Crippen LogP contribution in [0.4, 0.5) is 9.18 Å². The van der Waals surface area contributed by atoms with Crippen molar-refractivity contribution in [2.75, 3.05) is 13.2 Å². The number of fused-ring (bicyclic) bond motifs is 3. The lowest BCUT2D eigenvalue weighted by atomic mass is 9.98. The van der Waals surface area contributed by atoms with Gasteiger partial charge >= 0.3 is 6.09 Å². The van der Waals surface area contributed by atoms with Crippen molar-refractivity contribution in [3.63, 3.8) is 0 Å². The molecule has 1 aliphatic carbocycles. The van der Waals surface area contributed by atoms with E-state index >= 15 is 0 Å². The van der Waals surface area contributed by atoms with Crippen molar-refractivity contribution in [2.45, 2.75) is 5.92 Å². The molecule has 146 valence electrons. The lowest BCUT2D eigenvalue weighted by Gasteiger charge is -2.14. The van der Waals surface area contributed by atoms with Gasteiger partial charge in [0, 0.05) is 11.5 Å². The average Bonchev–Trinajstić information content (AvgIpc) is 3.09. The molecule has 0 spiro atoms. The van der Waals surface area contributed by atoms with Gasteiger partial charge in [0.05, 0.1) is 6.54 Å². The summed E-state index contributed by atoms with van der Waals surface area (Å²) in [4.78, 5) is 12.1. The fourth-order valence-electron chi connectivity index (χ4n) is 3.65. The average molecular weight is 396 g/mol. The zero-order chi connectivity index (χ0) is 20.9. The number of nitriles is 1. The molecule has 0 atom stereocenters. The lowest BCUT2D eigenvalue weighted by molar-refractivity contribution is 0.144. The van der Waals surface area contributed by atoms with Crippen LogP contribution in [-0.2, 0) is 4.74 Å². The third kappa shape index (κ3) is 3.74. The van der Waals surface area contributed by atoms with Gasteiger partial charge in [0.15, 0.2) is 0 Å². The van der Waals surface area contributed by atoms with E-state index in [-0.39, 0.29) is 30.2 Å². The van der Waals surface area contributed by atoms with Crippen LogP contribution in [0.1, 0.15) is 28.2 Å². The van der Waals surface area contributed by atoms with Gasteiger partial charge in [0.2, 0.25) is 0 Å². The fourth-order valence-corrected chi connectivity index (χ4v) is 3.65. The molecular weight excluding hydrogens is 379 g/mol. The zero-order valence-electron chi connectivity index (χ0n) is 16.0. The molecular formula is C25H17FN2O2. The molecule has 3 aromatic rings. The Labute approximate surface area is 173 Å². The first-order valence-corrected chi connectivity index (χ1v) is 9.45. The minimum Gasteiger partial charge on any atom is -0.449 e. The number of halogens is 1. The Hall–Kier alpha value is -4.09. The Bertz CT molecular complexity index is 1170. The fraction of sp³-hybridized carbons (Fsp3) is 0.120. The predicted molar refractivity (Wildman–Crippen MR) is 111 cm³/mol. The first-order valence-electron chi connectivity index (χ1n) is 9.45. The Morgan fingerprint density at radius 3 is 2.33 bits per heavy atom. The van der Waals surface area contributed by atoms with Crippen LogP contribution in [0, 0.1) is 29.0 Å². The molecule has 5 heteroatoms. The van der Waals surface area contributed by atoms with Crippen molar-refractivity contribution in [2.24, 2.45) is 0 Å². The number of nitrogens with zero attached hydrogens (tertiary/aromatic N) is 1. The second-order valence-corrected chi connectivity index (χ2v) is 6.76. The molecule has 0 fully saturated rings. The number of rotatable bonds is 3. The first kappa shape index (κ1) is 19.2. The van der Waals surface area contributed by atoms with E-state index in [1.54, 1.807) is 12.1 Å². The highest BCUT2D eigenvalue weighted by Gasteiger charge is 2.28. The van der Waals surface area contributed by atoms with Crippen LogP contribution in [0.15, 0.2) is 66.7 Å². The van der Waals surface area contributed by atoms with Crippen molar-refractivity contribution >= 4 is 6.09 Å². The molecule has 0 aromatic heterocycles. The summed E-state index contributed by atoms with van der Waals surface area (Å²) in [5.41, 5.74) is 4.79. The van der Waals surface area contributed by atoms with Crippen molar-refractivity contribution in [3.05, 3.63) is 94.8 Å². The summed E-state index contributed by atoms with van der Waals surface area (Å²) in [7, 11) is 0. The molecule has 1 amide bonds. The van der Waals surface area contributed by atoms with Gasteiger partial charge < -0.3 is 10.1 Å². The highest BCUT2D eigenvalue weighted by atomic mass is 19.1. The van der Waals surface area contributed by atoms with E-state index in [0.29, 0.717) is 0 Å². The summed E-state index contributed by atoms with van der Waals surface area (Å²) in [6.45, 7) is 0.244. The second-order valence-electron chi connectivity index (χ2n) is 6.76. The van der Waals surface area contributed by atoms with Gasteiger partial charge in [-0.2, -0.15) is 5.26 Å². The van der Waals surface area contributed by atoms with Gasteiger partial charge in [-0.1, -0.05) is 66.4 Å². The van der Waals surface area contributed by atoms with E-state index in [9.17, 15) is 9.18 Å². The molecule has 0 bridgehead atoms. The van der Waals surface area contributed by atoms with E-state index in [2.05, 4.69) is 41.4 Å². The maximum absolute atomic E-state index is 13.6. The molecule has 0 heterocycles. The molecule has 0 radical (unpaired) electrons. The van der Waals surface area contributed by atoms with Crippen LogP contribution >= 0.6 is 0 Å². The van der Waals surface area contributed by atoms with E-state index < -0.39 is 11.9 Å². The standard InChI is InChI=1S/C25H17FN2O2/c26-24-13-5-7-17(22(24)15-27)8-6-14-28-25(29)30-16-23-20-11-3-1-9-18(20)19-10-2-4-12-21(19)23/h1-5,7,9-13,23H,14,16H2,(H,28,29). The van der Waals surface area contributed by atoms with Gasteiger partial charge in [0.25, 0.3) is 0 Å². The van der Waals surface area contributed by atoms with Crippen LogP contribution in [-0.4, -0.2) is 19.2 Å². The van der Waals surface area contributed by atoms with Crippen LogP contribution in [0.3, 0.4) is 0 Å². The monoisotopic (exact) mass is 396 g/mol. The minimum atomic E-state index is -0.617. The Kier molecular flexibility index (Phi) is 5.46. The van der Waals surface area contributed by atoms with E-state index in [1.807, 2.05) is 24.3 Å². The number of ether oxygens (including phenoxy) is 1. The number of carbonyl (C=O) groups is 1. The van der Waals surface area contributed by atoms with E-state index in [0.717, 1.165) is 22.3 Å². The van der Waals surface area contributed by atoms with Crippen molar-refractivity contribution in [3.8, 4) is 29.0 Å². The molecule has 0 unspecified atom stereocenters. The summed E-state index contributed by atoms with van der Waals surface area (Å²) in [6, 6.07) is 22.3. The Morgan fingerprint density at radius 1 is 1.00 bits per heavy atom. The number of benzene rings is 3. The molecule has 0 aliphatic heterocycles. The van der Waals surface area contributed by atoms with E-state index in [1.165, 1.54) is 12.1 Å². The van der Waals surface area contributed by atoms with Crippen LogP contribution in [0.25, 0.3) is 11.1 Å². The third-order valence-corrected chi connectivity index (χ3v) is 5.01. The molecule has 3 aromatic carbocycles. The van der Waals surface area contributed by atoms with Crippen LogP contribution in [0.2, 0.25) is 0 Å². The van der Waals surface area contributed by atoms with Gasteiger partial charge in [-0.05, 0) is 34.4 Å². The molecule has 1 N–H and O–H groups in total. The largest absolute Gasteiger partial charge is 0.449 e. The van der Waals surface area contributed by atoms with Gasteiger partial charge in [0.1, 0.15) is 24.1 Å². The predicted octanol–water partition coefficient (Wildman–Crippen LogP) is 4.59. The minimum absolute atomic E-state index is 0.0142. The summed E-state index contributed by atoms with van der Waals surface area (Å²) < 4.78 is 19.0. The molecule has 4 rings (SSSR count). The van der Waals surface area contributed by atoms with Crippen LogP contribution in [0.5, 0.6) is 0 Å². The maximum atomic E-state index is 13.6. The van der Waals surface area contributed by atoms with E-state index in [4.69, 9.17) is 10.00 Å². The molecule has 1 aliphatic rings. The summed E-state index contributed by atoms with van der Waals surface area (Å²) in [5, 5.41) is 11.6. The number of alkyl carbamates (subject to hydrolysis) is 1. The number of nitrogens with one attached hydrogen (secondary N) is 1. The smallest absolute Gasteiger partial charge is 0.407 e. The lowest BCUT2D eigenvalue weighted by Crippen LogP contribution is -2.26. The normalized spacial score (nSPS) is 11.5. The van der Waals surface area contributed by atoms with Crippen molar-refractivity contribution in [1.82, 2.24) is 5.32 Å². The molecule has 0 saturated heterocycles. The highest BCUT2D eigenvalue weighted by molar-refractivity contribution is 5.79. The molecule has 0 saturated carbocycles.